The molecule has 7 heteroatoms. The van der Waals surface area contributed by atoms with Crippen molar-refractivity contribution < 1.29 is 18.8 Å². The molecule has 2 aliphatic rings. The number of anilines is 2. The predicted molar refractivity (Wildman–Crippen MR) is 136 cm³/mol. The van der Waals surface area contributed by atoms with Crippen molar-refractivity contribution in [3.8, 4) is 0 Å². The average molecular weight is 478 g/mol. The van der Waals surface area contributed by atoms with Crippen molar-refractivity contribution in [2.24, 2.45) is 0 Å². The van der Waals surface area contributed by atoms with Crippen LogP contribution in [-0.2, 0) is 16.0 Å². The van der Waals surface area contributed by atoms with Crippen LogP contribution in [0.4, 0.5) is 20.6 Å². The number of carbonyl (C=O) groups excluding carboxylic acids is 3. The van der Waals surface area contributed by atoms with Crippen molar-refractivity contribution in [3.05, 3.63) is 64.5 Å². The van der Waals surface area contributed by atoms with Gasteiger partial charge in [0, 0.05) is 23.3 Å². The molecule has 2 aliphatic heterocycles. The smallest absolute Gasteiger partial charge is 0.335 e. The van der Waals surface area contributed by atoms with Crippen LogP contribution in [0.5, 0.6) is 0 Å². The highest BCUT2D eigenvalue weighted by Crippen LogP contribution is 2.44. The van der Waals surface area contributed by atoms with E-state index in [2.05, 4.69) is 37.9 Å². The fraction of sp³-hybridized carbons (Fsp3) is 0.393. The van der Waals surface area contributed by atoms with Crippen LogP contribution in [-0.4, -0.2) is 29.9 Å². The number of hydrogen-bond donors (Lipinski definition) is 1. The molecule has 2 aromatic carbocycles. The summed E-state index contributed by atoms with van der Waals surface area (Å²) < 4.78 is 15.4. The van der Waals surface area contributed by atoms with Gasteiger partial charge in [-0.05, 0) is 80.5 Å². The second-order valence-corrected chi connectivity index (χ2v) is 9.98. The number of carbonyl (C=O) groups is 3. The van der Waals surface area contributed by atoms with Crippen molar-refractivity contribution in [3.63, 3.8) is 0 Å². The molecule has 0 bridgehead atoms. The molecule has 1 unspecified atom stereocenters. The minimum Gasteiger partial charge on any atom is -0.366 e. The van der Waals surface area contributed by atoms with Crippen molar-refractivity contribution in [1.82, 2.24) is 5.32 Å². The Hall–Kier alpha value is -3.48. The standard InChI is InChI=1S/C28H32FN3O3/c1-6-12-31-24-15-23(29)19(13-21(24)17(3)16-28(31,4)5)14-22-25(33)30-27(35)32(26(22)34)20-10-8-18(7-2)9-11-20/h8-11,13-15,17H,6-7,12,16H2,1-5H3,(H,30,33,35)/b22-14-. The summed E-state index contributed by atoms with van der Waals surface area (Å²) in [7, 11) is 0. The summed E-state index contributed by atoms with van der Waals surface area (Å²) in [5.41, 5.74) is 3.00. The highest BCUT2D eigenvalue weighted by Gasteiger charge is 2.38. The molecule has 35 heavy (non-hydrogen) atoms. The first-order chi connectivity index (χ1) is 16.6. The lowest BCUT2D eigenvalue weighted by Crippen LogP contribution is -2.54. The molecule has 0 aliphatic carbocycles. The summed E-state index contributed by atoms with van der Waals surface area (Å²) >= 11 is 0. The molecule has 184 valence electrons. The summed E-state index contributed by atoms with van der Waals surface area (Å²) in [4.78, 5) is 41.5. The van der Waals surface area contributed by atoms with E-state index in [-0.39, 0.29) is 22.6 Å². The Labute approximate surface area is 205 Å². The van der Waals surface area contributed by atoms with Crippen LogP contribution >= 0.6 is 0 Å². The van der Waals surface area contributed by atoms with Gasteiger partial charge in [-0.2, -0.15) is 0 Å². The number of nitrogens with one attached hydrogen (secondary N) is 1. The number of fused-ring (bicyclic) bond motifs is 1. The van der Waals surface area contributed by atoms with E-state index in [9.17, 15) is 14.4 Å². The Morgan fingerprint density at radius 3 is 2.43 bits per heavy atom. The Bertz CT molecular complexity index is 1220. The number of amides is 4. The number of barbiturate groups is 1. The van der Waals surface area contributed by atoms with Crippen LogP contribution in [0.3, 0.4) is 0 Å². The molecule has 1 atom stereocenters. The molecule has 1 fully saturated rings. The monoisotopic (exact) mass is 477 g/mol. The highest BCUT2D eigenvalue weighted by atomic mass is 19.1. The summed E-state index contributed by atoms with van der Waals surface area (Å²) in [6.07, 6.45) is 3.90. The van der Waals surface area contributed by atoms with Crippen molar-refractivity contribution in [2.75, 3.05) is 16.3 Å². The minimum absolute atomic E-state index is 0.109. The van der Waals surface area contributed by atoms with Gasteiger partial charge in [-0.25, -0.2) is 14.1 Å². The van der Waals surface area contributed by atoms with Gasteiger partial charge in [0.05, 0.1) is 5.69 Å². The predicted octanol–water partition coefficient (Wildman–Crippen LogP) is 5.56. The lowest BCUT2D eigenvalue weighted by molar-refractivity contribution is -0.122. The summed E-state index contributed by atoms with van der Waals surface area (Å²) in [5.74, 6) is -1.95. The first-order valence-corrected chi connectivity index (χ1v) is 12.2. The molecule has 0 aromatic heterocycles. The van der Waals surface area contributed by atoms with Gasteiger partial charge in [0.15, 0.2) is 0 Å². The van der Waals surface area contributed by atoms with Crippen molar-refractivity contribution >= 4 is 35.3 Å². The summed E-state index contributed by atoms with van der Waals surface area (Å²) in [5, 5.41) is 2.21. The van der Waals surface area contributed by atoms with Gasteiger partial charge in [0.25, 0.3) is 11.8 Å². The van der Waals surface area contributed by atoms with Gasteiger partial charge < -0.3 is 4.90 Å². The quantitative estimate of drug-likeness (QED) is 0.452. The Morgan fingerprint density at radius 2 is 1.80 bits per heavy atom. The largest absolute Gasteiger partial charge is 0.366 e. The third-order valence-electron chi connectivity index (χ3n) is 6.96. The number of benzene rings is 2. The molecule has 2 heterocycles. The van der Waals surface area contributed by atoms with Crippen LogP contribution in [0.1, 0.15) is 70.1 Å². The third kappa shape index (κ3) is 4.47. The number of aryl methyl sites for hydroxylation is 1. The van der Waals surface area contributed by atoms with Gasteiger partial charge in [-0.15, -0.1) is 0 Å². The molecule has 0 radical (unpaired) electrons. The zero-order valence-electron chi connectivity index (χ0n) is 20.9. The molecule has 0 spiro atoms. The molecule has 2 aromatic rings. The second kappa shape index (κ2) is 9.29. The fourth-order valence-electron chi connectivity index (χ4n) is 5.21. The van der Waals surface area contributed by atoms with E-state index in [0.717, 1.165) is 47.5 Å². The summed E-state index contributed by atoms with van der Waals surface area (Å²) in [6, 6.07) is 9.39. The number of urea groups is 1. The van der Waals surface area contributed by atoms with Crippen LogP contribution < -0.4 is 15.1 Å². The lowest BCUT2D eigenvalue weighted by atomic mass is 9.79. The highest BCUT2D eigenvalue weighted by molar-refractivity contribution is 6.39. The van der Waals surface area contributed by atoms with E-state index < -0.39 is 23.7 Å². The van der Waals surface area contributed by atoms with Gasteiger partial charge >= 0.3 is 6.03 Å². The molecule has 4 amide bonds. The molecule has 1 saturated heterocycles. The second-order valence-electron chi connectivity index (χ2n) is 9.98. The van der Waals surface area contributed by atoms with Gasteiger partial charge in [0.2, 0.25) is 0 Å². The van der Waals surface area contributed by atoms with E-state index in [1.807, 2.05) is 19.1 Å². The van der Waals surface area contributed by atoms with Crippen molar-refractivity contribution in [2.45, 2.75) is 65.3 Å². The van der Waals surface area contributed by atoms with Crippen molar-refractivity contribution in [1.29, 1.82) is 0 Å². The molecule has 6 nitrogen and oxygen atoms in total. The molecule has 4 rings (SSSR count). The first kappa shape index (κ1) is 24.6. The van der Waals surface area contributed by atoms with E-state index >= 15 is 4.39 Å². The Kier molecular flexibility index (Phi) is 6.54. The third-order valence-corrected chi connectivity index (χ3v) is 6.96. The molecule has 1 N–H and O–H groups in total. The molecule has 0 saturated carbocycles. The number of hydrogen-bond acceptors (Lipinski definition) is 4. The number of nitrogens with zero attached hydrogens (tertiary/aromatic N) is 2. The topological polar surface area (TPSA) is 69.7 Å². The zero-order chi connectivity index (χ0) is 25.5. The average Bonchev–Trinajstić information content (AvgIpc) is 2.80. The maximum atomic E-state index is 15.4. The normalized spacial score (nSPS) is 20.8. The number of rotatable bonds is 5. The zero-order valence-corrected chi connectivity index (χ0v) is 20.9. The van der Waals surface area contributed by atoms with E-state index in [4.69, 9.17) is 0 Å². The lowest BCUT2D eigenvalue weighted by Gasteiger charge is -2.47. The molecular formula is C28H32FN3O3. The van der Waals surface area contributed by atoms with Crippen LogP contribution in [0.25, 0.3) is 6.08 Å². The number of imide groups is 2. The van der Waals surface area contributed by atoms with Crippen LogP contribution in [0.15, 0.2) is 42.0 Å². The van der Waals surface area contributed by atoms with Gasteiger partial charge in [-0.1, -0.05) is 32.9 Å². The van der Waals surface area contributed by atoms with Gasteiger partial charge in [0.1, 0.15) is 11.4 Å². The minimum atomic E-state index is -0.833. The van der Waals surface area contributed by atoms with Crippen LogP contribution in [0, 0.1) is 5.82 Å². The van der Waals surface area contributed by atoms with E-state index in [1.165, 1.54) is 12.1 Å². The van der Waals surface area contributed by atoms with E-state index in [1.54, 1.807) is 18.2 Å². The molecular weight excluding hydrogens is 445 g/mol. The Morgan fingerprint density at radius 1 is 1.11 bits per heavy atom. The number of halogens is 1. The SMILES string of the molecule is CCCN1c2cc(F)c(/C=C3/C(=O)NC(=O)N(c4ccc(CC)cc4)C3=O)cc2C(C)CC1(C)C. The fourth-order valence-corrected chi connectivity index (χ4v) is 5.21. The maximum Gasteiger partial charge on any atom is 0.335 e. The first-order valence-electron chi connectivity index (χ1n) is 12.2. The maximum absolute atomic E-state index is 15.4. The Balaban J connectivity index is 1.75. The van der Waals surface area contributed by atoms with E-state index in [0.29, 0.717) is 5.69 Å². The van der Waals surface area contributed by atoms with Crippen LogP contribution in [0.2, 0.25) is 0 Å². The summed E-state index contributed by atoms with van der Waals surface area (Å²) in [6.45, 7) is 11.3. The van der Waals surface area contributed by atoms with Gasteiger partial charge in [-0.3, -0.25) is 14.9 Å².